The van der Waals surface area contributed by atoms with Gasteiger partial charge < -0.3 is 25.2 Å². The number of benzene rings is 3. The first-order valence-corrected chi connectivity index (χ1v) is 11.7. The van der Waals surface area contributed by atoms with Crippen LogP contribution in [0.3, 0.4) is 0 Å². The van der Waals surface area contributed by atoms with E-state index in [4.69, 9.17) is 4.74 Å². The van der Waals surface area contributed by atoms with E-state index in [9.17, 15) is 9.59 Å². The number of fused-ring (bicyclic) bond motifs is 2. The Morgan fingerprint density at radius 1 is 1.00 bits per heavy atom. The topological polar surface area (TPSA) is 86.8 Å². The summed E-state index contributed by atoms with van der Waals surface area (Å²) in [6.45, 7) is 1.26. The molecule has 0 radical (unpaired) electrons. The van der Waals surface area contributed by atoms with Crippen molar-refractivity contribution < 1.29 is 14.3 Å². The quantitative estimate of drug-likeness (QED) is 0.412. The Hall–Kier alpha value is -4.43. The second kappa shape index (κ2) is 10.1. The molecule has 2 N–H and O–H groups in total. The van der Waals surface area contributed by atoms with Gasteiger partial charge in [-0.15, -0.1) is 0 Å². The van der Waals surface area contributed by atoms with Crippen molar-refractivity contribution in [3.05, 3.63) is 79.0 Å². The van der Waals surface area contributed by atoms with Crippen LogP contribution in [0.4, 0.5) is 21.9 Å². The molecule has 8 heteroatoms. The van der Waals surface area contributed by atoms with Crippen molar-refractivity contribution in [1.29, 1.82) is 0 Å². The third kappa shape index (κ3) is 4.85. The van der Waals surface area contributed by atoms with E-state index >= 15 is 0 Å². The number of rotatable bonds is 6. The molecule has 1 aliphatic heterocycles. The first kappa shape index (κ1) is 23.3. The summed E-state index contributed by atoms with van der Waals surface area (Å²) >= 11 is 0. The number of aromatic nitrogens is 1. The summed E-state index contributed by atoms with van der Waals surface area (Å²) in [6.07, 6.45) is 1.77. The minimum Gasteiger partial charge on any atom is -0.482 e. The Kier molecular flexibility index (Phi) is 6.51. The molecule has 5 rings (SSSR count). The molecule has 8 nitrogen and oxygen atoms in total. The van der Waals surface area contributed by atoms with E-state index in [1.54, 1.807) is 29.3 Å². The van der Waals surface area contributed by atoms with Crippen molar-refractivity contribution >= 4 is 39.8 Å². The highest BCUT2D eigenvalue weighted by Gasteiger charge is 2.26. The first-order valence-electron chi connectivity index (χ1n) is 11.7. The maximum absolute atomic E-state index is 13.0. The van der Waals surface area contributed by atoms with Crippen LogP contribution >= 0.6 is 0 Å². The number of ether oxygens (including phenoxy) is 1. The molecule has 0 saturated heterocycles. The lowest BCUT2D eigenvalue weighted by molar-refractivity contribution is -0.121. The van der Waals surface area contributed by atoms with Gasteiger partial charge in [0.25, 0.3) is 5.91 Å². The Morgan fingerprint density at radius 2 is 1.81 bits per heavy atom. The molecule has 4 aromatic rings. The molecular formula is C28H27N5O3. The molecule has 36 heavy (non-hydrogen) atoms. The van der Waals surface area contributed by atoms with Crippen molar-refractivity contribution in [3.63, 3.8) is 0 Å². The Balaban J connectivity index is 1.37. The fourth-order valence-corrected chi connectivity index (χ4v) is 4.26. The average molecular weight is 482 g/mol. The number of hydrogen-bond donors (Lipinski definition) is 2. The van der Waals surface area contributed by atoms with Crippen molar-refractivity contribution in [2.75, 3.05) is 49.3 Å². The van der Waals surface area contributed by atoms with Gasteiger partial charge in [0.05, 0.1) is 17.1 Å². The van der Waals surface area contributed by atoms with E-state index in [2.05, 4.69) is 15.6 Å². The van der Waals surface area contributed by atoms with Crippen LogP contribution in [0.5, 0.6) is 5.75 Å². The number of urea groups is 1. The lowest BCUT2D eigenvalue weighted by Gasteiger charge is -2.30. The third-order valence-electron chi connectivity index (χ3n) is 6.04. The van der Waals surface area contributed by atoms with Gasteiger partial charge in [-0.3, -0.25) is 9.78 Å². The van der Waals surface area contributed by atoms with E-state index in [-0.39, 0.29) is 18.5 Å². The largest absolute Gasteiger partial charge is 0.482 e. The van der Waals surface area contributed by atoms with Crippen LogP contribution in [-0.2, 0) is 4.79 Å². The maximum atomic E-state index is 13.0. The lowest BCUT2D eigenvalue weighted by atomic mass is 10.00. The number of carbonyl (C=O) groups is 2. The van der Waals surface area contributed by atoms with E-state index in [1.165, 1.54) is 0 Å². The second-order valence-corrected chi connectivity index (χ2v) is 8.82. The number of likely N-dealkylation sites (N-methyl/N-ethyl adjacent to an activating group) is 1. The normalized spacial score (nSPS) is 12.9. The van der Waals surface area contributed by atoms with E-state index < -0.39 is 0 Å². The van der Waals surface area contributed by atoms with Crippen LogP contribution in [0, 0.1) is 0 Å². The summed E-state index contributed by atoms with van der Waals surface area (Å²) in [5, 5.41) is 7.76. The maximum Gasteiger partial charge on any atom is 0.323 e. The Morgan fingerprint density at radius 3 is 2.58 bits per heavy atom. The summed E-state index contributed by atoms with van der Waals surface area (Å²) < 4.78 is 5.59. The zero-order valence-corrected chi connectivity index (χ0v) is 20.2. The number of nitrogens with zero attached hydrogens (tertiary/aromatic N) is 3. The number of amides is 3. The van der Waals surface area contributed by atoms with Gasteiger partial charge in [0.1, 0.15) is 5.75 Å². The predicted molar refractivity (Wildman–Crippen MR) is 143 cm³/mol. The summed E-state index contributed by atoms with van der Waals surface area (Å²) in [4.78, 5) is 33.6. The molecule has 3 amide bonds. The van der Waals surface area contributed by atoms with Crippen LogP contribution in [0.15, 0.2) is 79.0 Å². The number of pyridine rings is 1. The minimum atomic E-state index is -0.381. The molecule has 182 valence electrons. The van der Waals surface area contributed by atoms with Gasteiger partial charge in [-0.2, -0.15) is 0 Å². The lowest BCUT2D eigenvalue weighted by Crippen LogP contribution is -2.42. The second-order valence-electron chi connectivity index (χ2n) is 8.82. The van der Waals surface area contributed by atoms with Crippen molar-refractivity contribution in [2.45, 2.75) is 0 Å². The van der Waals surface area contributed by atoms with Crippen LogP contribution < -0.4 is 20.3 Å². The fraction of sp³-hybridized carbons (Fsp3) is 0.179. The molecule has 0 bridgehead atoms. The molecular weight excluding hydrogens is 454 g/mol. The van der Waals surface area contributed by atoms with Gasteiger partial charge in [0.15, 0.2) is 6.61 Å². The number of anilines is 3. The molecule has 0 unspecified atom stereocenters. The standard InChI is InChI=1S/C28H27N5O3/c1-32(2)15-16-33-25-17-19(10-13-26(25)36-18-27(33)34)30-28(35)31-24-12-11-22(23-9-5-6-14-29-23)20-7-3-4-8-21(20)24/h3-14,17H,15-16,18H2,1-2H3,(H2,30,31,35). The highest BCUT2D eigenvalue weighted by Crippen LogP contribution is 2.35. The van der Waals surface area contributed by atoms with Crippen molar-refractivity contribution in [1.82, 2.24) is 9.88 Å². The third-order valence-corrected chi connectivity index (χ3v) is 6.04. The molecule has 3 aromatic carbocycles. The Bertz CT molecular complexity index is 1420. The molecule has 0 spiro atoms. The molecule has 0 saturated carbocycles. The summed E-state index contributed by atoms with van der Waals surface area (Å²) in [5.41, 5.74) is 3.76. The smallest absolute Gasteiger partial charge is 0.323 e. The number of nitrogens with one attached hydrogen (secondary N) is 2. The molecule has 2 heterocycles. The van der Waals surface area contributed by atoms with Gasteiger partial charge >= 0.3 is 6.03 Å². The van der Waals surface area contributed by atoms with Crippen LogP contribution in [0.1, 0.15) is 0 Å². The van der Waals surface area contributed by atoms with Crippen molar-refractivity contribution in [3.8, 4) is 17.0 Å². The van der Waals surface area contributed by atoms with Gasteiger partial charge in [-0.05, 0) is 55.9 Å². The minimum absolute atomic E-state index is 0.00919. The van der Waals surface area contributed by atoms with Crippen molar-refractivity contribution in [2.24, 2.45) is 0 Å². The van der Waals surface area contributed by atoms with Gasteiger partial charge in [0.2, 0.25) is 0 Å². The van der Waals surface area contributed by atoms with Crippen LogP contribution in [0.2, 0.25) is 0 Å². The van der Waals surface area contributed by atoms with Crippen LogP contribution in [-0.4, -0.2) is 55.6 Å². The number of carbonyl (C=O) groups excluding carboxylic acids is 2. The molecule has 0 aliphatic carbocycles. The fourth-order valence-electron chi connectivity index (χ4n) is 4.26. The summed E-state index contributed by atoms with van der Waals surface area (Å²) in [6, 6.07) is 22.5. The summed E-state index contributed by atoms with van der Waals surface area (Å²) in [5.74, 6) is 0.515. The highest BCUT2D eigenvalue weighted by atomic mass is 16.5. The zero-order chi connectivity index (χ0) is 25.1. The van der Waals surface area contributed by atoms with Gasteiger partial charge in [-0.25, -0.2) is 4.79 Å². The predicted octanol–water partition coefficient (Wildman–Crippen LogP) is 4.83. The van der Waals surface area contributed by atoms with Gasteiger partial charge in [-0.1, -0.05) is 36.4 Å². The van der Waals surface area contributed by atoms with E-state index in [1.807, 2.05) is 73.6 Å². The Labute approximate surface area is 209 Å². The summed E-state index contributed by atoms with van der Waals surface area (Å²) in [7, 11) is 3.92. The average Bonchev–Trinajstić information content (AvgIpc) is 2.88. The number of hydrogen-bond acceptors (Lipinski definition) is 5. The van der Waals surface area contributed by atoms with E-state index in [0.717, 1.165) is 22.0 Å². The zero-order valence-electron chi connectivity index (χ0n) is 20.2. The molecule has 1 aromatic heterocycles. The SMILES string of the molecule is CN(C)CCN1C(=O)COc2ccc(NC(=O)Nc3ccc(-c4ccccn4)c4ccccc34)cc21. The first-order chi connectivity index (χ1) is 17.5. The van der Waals surface area contributed by atoms with Gasteiger partial charge in [0, 0.05) is 35.9 Å². The molecule has 0 atom stereocenters. The molecule has 1 aliphatic rings. The highest BCUT2D eigenvalue weighted by molar-refractivity contribution is 6.10. The van der Waals surface area contributed by atoms with E-state index in [0.29, 0.717) is 35.9 Å². The van der Waals surface area contributed by atoms with Crippen LogP contribution in [0.25, 0.3) is 22.0 Å². The monoisotopic (exact) mass is 481 g/mol. The molecule has 0 fully saturated rings.